The molecule has 20 nitrogen and oxygen atoms in total. The van der Waals surface area contributed by atoms with Crippen LogP contribution in [0.5, 0.6) is 0 Å². The van der Waals surface area contributed by atoms with Crippen molar-refractivity contribution in [3.8, 4) is 0 Å². The molecule has 4 atom stereocenters. The molecule has 4 aliphatic heterocycles. The molecule has 298 valence electrons. The number of carbonyl (C=O) groups is 2. The van der Waals surface area contributed by atoms with Crippen LogP contribution in [0.3, 0.4) is 0 Å². The van der Waals surface area contributed by atoms with Gasteiger partial charge in [-0.25, -0.2) is 18.9 Å². The number of ether oxygens (including phenoxy) is 2. The fourth-order valence-electron chi connectivity index (χ4n) is 6.46. The Morgan fingerprint density at radius 3 is 1.37 bits per heavy atom. The van der Waals surface area contributed by atoms with E-state index >= 15 is 0 Å². The first-order valence-electron chi connectivity index (χ1n) is 17.9. The number of unbranched alkanes of at least 4 members (excludes halogenated alkanes) is 2. The summed E-state index contributed by atoms with van der Waals surface area (Å²) in [6.45, 7) is 9.09. The fraction of sp³-hybridized carbons (Fsp3) is 0.929. The molecule has 4 aliphatic rings. The molecule has 0 saturated carbocycles. The van der Waals surface area contributed by atoms with Gasteiger partial charge in [-0.3, -0.25) is 9.13 Å². The Hall–Kier alpha value is -1.54. The molecule has 4 rings (SSSR count). The van der Waals surface area contributed by atoms with Gasteiger partial charge in [0.15, 0.2) is 12.5 Å². The smallest absolute Gasteiger partial charge is 0.419 e. The Bertz CT molecular complexity index is 1190. The predicted molar refractivity (Wildman–Crippen MR) is 192 cm³/mol. The third-order valence-corrected chi connectivity index (χ3v) is 14.8. The molecule has 52 heavy (non-hydrogen) atoms. The maximum absolute atomic E-state index is 14.6. The summed E-state index contributed by atoms with van der Waals surface area (Å²) in [5, 5.41) is 7.56. The highest BCUT2D eigenvalue weighted by Crippen LogP contribution is 2.60. The van der Waals surface area contributed by atoms with Gasteiger partial charge in [0.1, 0.15) is 0 Å². The van der Waals surface area contributed by atoms with E-state index in [1.807, 2.05) is 0 Å². The van der Waals surface area contributed by atoms with Gasteiger partial charge in [-0.2, -0.15) is 10.2 Å². The monoisotopic (exact) mass is 820 g/mol. The van der Waals surface area contributed by atoms with Crippen LogP contribution in [0.15, 0.2) is 10.6 Å². The number of hydrogen-bond donors (Lipinski definition) is 0. The van der Waals surface area contributed by atoms with Crippen LogP contribution < -0.4 is 0 Å². The van der Waals surface area contributed by atoms with Crippen LogP contribution in [-0.4, -0.2) is 167 Å². The number of esters is 2. The quantitative estimate of drug-likeness (QED) is 0.0487. The van der Waals surface area contributed by atoms with Crippen molar-refractivity contribution >= 4 is 50.5 Å². The minimum Gasteiger partial charge on any atom is -0.435 e. The van der Waals surface area contributed by atoms with Crippen LogP contribution in [0, 0.1) is 9.81 Å². The average Bonchev–Trinajstić information content (AvgIpc) is 3.15. The molecule has 4 saturated heterocycles. The van der Waals surface area contributed by atoms with Crippen LogP contribution in [0.2, 0.25) is 0 Å². The molecule has 0 radical (unpaired) electrons. The maximum atomic E-state index is 14.6. The van der Waals surface area contributed by atoms with E-state index in [0.717, 1.165) is 58.6 Å². The van der Waals surface area contributed by atoms with Gasteiger partial charge in [-0.1, -0.05) is 36.2 Å². The fourth-order valence-corrected chi connectivity index (χ4v) is 11.6. The summed E-state index contributed by atoms with van der Waals surface area (Å²) in [4.78, 5) is 55.4. The number of hydrogen-bond acceptors (Lipinski definition) is 14. The SMILES string of the molecule is CCCCN1CCN(P2(=O)OCCC(OC(=O)C(=O)OC3CCOP(=O)(N4CCN(CCCC)CC4)N3N(CCCl)N=O)N2N(CCCl)N=O)CC1. The highest BCUT2D eigenvalue weighted by atomic mass is 35.5. The lowest BCUT2D eigenvalue weighted by Gasteiger charge is -2.48. The second-order valence-corrected chi connectivity index (χ2v) is 17.8. The van der Waals surface area contributed by atoms with Crippen LogP contribution in [0.1, 0.15) is 52.4 Å². The first kappa shape index (κ1) is 43.2. The zero-order valence-electron chi connectivity index (χ0n) is 29.9. The summed E-state index contributed by atoms with van der Waals surface area (Å²) in [6, 6.07) is 0. The molecule has 0 aliphatic carbocycles. The van der Waals surface area contributed by atoms with Gasteiger partial charge >= 0.3 is 27.3 Å². The Kier molecular flexibility index (Phi) is 17.4. The van der Waals surface area contributed by atoms with E-state index in [-0.39, 0.29) is 50.9 Å². The molecule has 0 aromatic carbocycles. The molecule has 24 heteroatoms. The van der Waals surface area contributed by atoms with E-state index in [0.29, 0.717) is 52.4 Å². The molecule has 0 bridgehead atoms. The first-order valence-corrected chi connectivity index (χ1v) is 22.0. The second kappa shape index (κ2) is 20.9. The van der Waals surface area contributed by atoms with E-state index in [9.17, 15) is 28.5 Å². The lowest BCUT2D eigenvalue weighted by Crippen LogP contribution is -2.56. The zero-order valence-corrected chi connectivity index (χ0v) is 33.2. The number of nitroso groups, excluding NO2 is 2. The summed E-state index contributed by atoms with van der Waals surface area (Å²) in [5.41, 5.74) is 0. The summed E-state index contributed by atoms with van der Waals surface area (Å²) in [7, 11) is -8.13. The van der Waals surface area contributed by atoms with Crippen molar-refractivity contribution in [3.63, 3.8) is 0 Å². The molecule has 0 spiro atoms. The predicted octanol–water partition coefficient (Wildman–Crippen LogP) is 3.50. The van der Waals surface area contributed by atoms with Crippen LogP contribution >= 0.6 is 38.5 Å². The van der Waals surface area contributed by atoms with E-state index in [1.54, 1.807) is 9.34 Å². The van der Waals surface area contributed by atoms with E-state index in [4.69, 9.17) is 41.7 Å². The van der Waals surface area contributed by atoms with Crippen LogP contribution in [0.4, 0.5) is 0 Å². The number of alkyl halides is 2. The number of hydrazine groups is 2. The standard InChI is InChI=1S/C28H52Cl2N10O10P2/c1-3-5-11-33-15-19-35(20-16-33)51(45)39(37(31-43)13-9-29)25(7-23-47-51)49-27(41)28(42)50-26-8-24-48-52(46,40(26)38(32-44)14-10-30)36-21-17-34(18-22-36)12-6-4-2/h25-26H,3-24H2,1-2H3. The van der Waals surface area contributed by atoms with Gasteiger partial charge in [0, 0.05) is 77.0 Å². The Labute approximate surface area is 314 Å². The van der Waals surface area contributed by atoms with E-state index in [1.165, 1.54) is 0 Å². The Morgan fingerprint density at radius 1 is 0.692 bits per heavy atom. The largest absolute Gasteiger partial charge is 0.435 e. The first-order chi connectivity index (χ1) is 25.1. The van der Waals surface area contributed by atoms with Gasteiger partial charge in [0.05, 0.1) is 36.9 Å². The number of halogens is 2. The van der Waals surface area contributed by atoms with E-state index < -0.39 is 39.7 Å². The minimum absolute atomic E-state index is 0.0742. The lowest BCUT2D eigenvalue weighted by atomic mass is 10.3. The molecular weight excluding hydrogens is 769 g/mol. The highest BCUT2D eigenvalue weighted by molar-refractivity contribution is 7.54. The summed E-state index contributed by atoms with van der Waals surface area (Å²) in [5.74, 6) is -3.16. The van der Waals surface area contributed by atoms with Crippen molar-refractivity contribution in [3.05, 3.63) is 9.81 Å². The average molecular weight is 822 g/mol. The van der Waals surface area contributed by atoms with Gasteiger partial charge < -0.3 is 28.3 Å². The topological polar surface area (TPSA) is 190 Å². The summed E-state index contributed by atoms with van der Waals surface area (Å²) < 4.78 is 57.1. The van der Waals surface area contributed by atoms with Crippen LogP contribution in [0.25, 0.3) is 0 Å². The number of nitrogens with zero attached hydrogens (tertiary/aromatic N) is 10. The van der Waals surface area contributed by atoms with Crippen LogP contribution in [-0.2, 0) is 37.2 Å². The van der Waals surface area contributed by atoms with Crippen molar-refractivity contribution in [1.82, 2.24) is 38.9 Å². The highest BCUT2D eigenvalue weighted by Gasteiger charge is 2.54. The second-order valence-electron chi connectivity index (χ2n) is 12.6. The Balaban J connectivity index is 1.51. The minimum atomic E-state index is -4.06. The van der Waals surface area contributed by atoms with Gasteiger partial charge in [0.2, 0.25) is 0 Å². The molecule has 0 aromatic rings. The summed E-state index contributed by atoms with van der Waals surface area (Å²) in [6.07, 6.45) is 1.10. The number of piperazine rings is 2. The normalized spacial score (nSPS) is 29.0. The maximum Gasteiger partial charge on any atom is 0.419 e. The van der Waals surface area contributed by atoms with Gasteiger partial charge in [0.25, 0.3) is 0 Å². The Morgan fingerprint density at radius 2 is 1.06 bits per heavy atom. The van der Waals surface area contributed by atoms with Crippen molar-refractivity contribution in [2.45, 2.75) is 64.8 Å². The molecule has 4 fully saturated rings. The van der Waals surface area contributed by atoms with Crippen molar-refractivity contribution in [2.75, 3.05) is 104 Å². The third-order valence-electron chi connectivity index (χ3n) is 9.23. The lowest BCUT2D eigenvalue weighted by molar-refractivity contribution is -0.200. The zero-order chi connectivity index (χ0) is 37.7. The summed E-state index contributed by atoms with van der Waals surface area (Å²) >= 11 is 11.9. The third kappa shape index (κ3) is 10.4. The molecule has 0 amide bonds. The van der Waals surface area contributed by atoms with Gasteiger partial charge in [-0.15, -0.1) is 33.0 Å². The number of rotatable bonds is 18. The van der Waals surface area contributed by atoms with E-state index in [2.05, 4.69) is 34.2 Å². The van der Waals surface area contributed by atoms with Crippen molar-refractivity contribution in [2.24, 2.45) is 10.6 Å². The molecule has 4 heterocycles. The van der Waals surface area contributed by atoms with Crippen molar-refractivity contribution in [1.29, 1.82) is 0 Å². The molecule has 4 unspecified atom stereocenters. The molecule has 0 aromatic heterocycles. The van der Waals surface area contributed by atoms with Gasteiger partial charge in [-0.05, 0) is 25.9 Å². The van der Waals surface area contributed by atoms with Crippen molar-refractivity contribution < 1.29 is 37.2 Å². The molecular formula is C28H52Cl2N10O10P2. The number of carbonyl (C=O) groups excluding carboxylic acids is 2. The molecule has 0 N–H and O–H groups in total.